The number of benzene rings is 5. The summed E-state index contributed by atoms with van der Waals surface area (Å²) in [5, 5.41) is 30.7. The van der Waals surface area contributed by atoms with Gasteiger partial charge in [-0.15, -0.1) is 0 Å². The fourth-order valence-electron chi connectivity index (χ4n) is 9.07. The fraction of sp³-hybridized carbons (Fsp3) is 0.328. The topological polar surface area (TPSA) is 310 Å². The number of amides is 6. The molecule has 20 nitrogen and oxygen atoms in total. The minimum Gasteiger partial charge on any atom is -0.489 e. The van der Waals surface area contributed by atoms with Gasteiger partial charge < -0.3 is 68.2 Å². The lowest BCUT2D eigenvalue weighted by molar-refractivity contribution is -0.142. The highest BCUT2D eigenvalue weighted by molar-refractivity contribution is 5.97. The number of hydrogen-bond acceptors (Lipinski definition) is 12. The summed E-state index contributed by atoms with van der Waals surface area (Å²) >= 11 is 0. The van der Waals surface area contributed by atoms with E-state index >= 15 is 0 Å². The average Bonchev–Trinajstić information content (AvgIpc) is 4.11. The number of aromatic nitrogens is 1. The van der Waals surface area contributed by atoms with E-state index in [1.165, 1.54) is 0 Å². The van der Waals surface area contributed by atoms with Crippen molar-refractivity contribution >= 4 is 52.5 Å². The molecule has 0 bridgehead atoms. The first-order valence-electron chi connectivity index (χ1n) is 26.1. The van der Waals surface area contributed by atoms with Gasteiger partial charge in [-0.05, 0) is 71.8 Å². The van der Waals surface area contributed by atoms with E-state index in [4.69, 9.17) is 20.9 Å². The molecule has 6 aromatic rings. The summed E-state index contributed by atoms with van der Waals surface area (Å²) < 4.78 is 11.4. The van der Waals surface area contributed by atoms with Crippen molar-refractivity contribution in [2.75, 3.05) is 26.2 Å². The summed E-state index contributed by atoms with van der Waals surface area (Å²) in [6.07, 6.45) is 1.33. The molecule has 0 saturated carbocycles. The van der Waals surface area contributed by atoms with Crippen molar-refractivity contribution in [2.24, 2.45) is 11.5 Å². The van der Waals surface area contributed by atoms with E-state index < -0.39 is 84.0 Å². The number of alkyl carbamates (subject to hydrolysis) is 1. The molecule has 13 N–H and O–H groups in total. The van der Waals surface area contributed by atoms with Crippen molar-refractivity contribution in [1.82, 2.24) is 42.2 Å². The largest absolute Gasteiger partial charge is 0.489 e. The van der Waals surface area contributed by atoms with Crippen LogP contribution in [0.15, 0.2) is 146 Å². The van der Waals surface area contributed by atoms with E-state index in [1.54, 1.807) is 91.1 Å². The average molecular weight is 1070 g/mol. The second-order valence-corrected chi connectivity index (χ2v) is 19.0. The van der Waals surface area contributed by atoms with Crippen molar-refractivity contribution in [3.8, 4) is 5.75 Å². The minimum absolute atomic E-state index is 0.0326. The number of aromatic amines is 1. The number of para-hydroxylation sites is 1. The second kappa shape index (κ2) is 29.1. The van der Waals surface area contributed by atoms with Gasteiger partial charge in [-0.2, -0.15) is 0 Å². The van der Waals surface area contributed by atoms with Gasteiger partial charge in [0.05, 0.1) is 6.04 Å². The van der Waals surface area contributed by atoms with Crippen molar-refractivity contribution in [1.29, 1.82) is 0 Å². The molecule has 5 aromatic carbocycles. The van der Waals surface area contributed by atoms with Gasteiger partial charge in [0.2, 0.25) is 29.5 Å². The molecule has 1 aromatic heterocycles. The molecule has 7 atom stereocenters. The molecule has 7 rings (SSSR count). The molecule has 0 aliphatic carbocycles. The summed E-state index contributed by atoms with van der Waals surface area (Å²) in [5.41, 5.74) is 15.5. The maximum absolute atomic E-state index is 14.9. The highest BCUT2D eigenvalue weighted by Crippen LogP contribution is 2.22. The first kappa shape index (κ1) is 57.1. The summed E-state index contributed by atoms with van der Waals surface area (Å²) in [6.45, 7) is 1.23. The monoisotopic (exact) mass is 1060 g/mol. The lowest BCUT2D eigenvalue weighted by atomic mass is 10.00. The van der Waals surface area contributed by atoms with Gasteiger partial charge in [-0.25, -0.2) is 9.59 Å². The third-order valence-electron chi connectivity index (χ3n) is 13.2. The smallest absolute Gasteiger partial charge is 0.407 e. The Hall–Kier alpha value is -8.59. The van der Waals surface area contributed by atoms with Crippen LogP contribution >= 0.6 is 0 Å². The zero-order chi connectivity index (χ0) is 55.2. The van der Waals surface area contributed by atoms with Crippen molar-refractivity contribution in [2.45, 2.75) is 93.9 Å². The summed E-state index contributed by atoms with van der Waals surface area (Å²) in [5.74, 6) is -4.26. The zero-order valence-electron chi connectivity index (χ0n) is 43.2. The van der Waals surface area contributed by atoms with Crippen LogP contribution in [0, 0.1) is 0 Å². The molecular weight excluding hydrogens is 997 g/mol. The zero-order valence-corrected chi connectivity index (χ0v) is 43.2. The maximum atomic E-state index is 14.9. The Kier molecular flexibility index (Phi) is 21.3. The van der Waals surface area contributed by atoms with Gasteiger partial charge in [0.15, 0.2) is 0 Å². The van der Waals surface area contributed by atoms with E-state index in [0.29, 0.717) is 47.5 Å². The second-order valence-electron chi connectivity index (χ2n) is 19.0. The number of aliphatic carboxylic acids is 1. The lowest BCUT2D eigenvalue weighted by Gasteiger charge is -2.27. The van der Waals surface area contributed by atoms with Gasteiger partial charge in [0.25, 0.3) is 0 Å². The molecule has 410 valence electrons. The molecule has 2 heterocycles. The van der Waals surface area contributed by atoms with E-state index in [0.717, 1.165) is 16.5 Å². The van der Waals surface area contributed by atoms with E-state index in [2.05, 4.69) is 42.2 Å². The summed E-state index contributed by atoms with van der Waals surface area (Å²) in [4.78, 5) is 101. The van der Waals surface area contributed by atoms with Crippen LogP contribution in [0.25, 0.3) is 10.9 Å². The number of nitrogens with one attached hydrogen (secondary N) is 8. The van der Waals surface area contributed by atoms with E-state index in [1.807, 2.05) is 54.6 Å². The minimum atomic E-state index is -1.35. The molecule has 6 amide bonds. The van der Waals surface area contributed by atoms with Crippen molar-refractivity contribution in [3.63, 3.8) is 0 Å². The van der Waals surface area contributed by atoms with Crippen LogP contribution in [0.3, 0.4) is 0 Å². The standard InChI is InChI=1S/C58H68N10O10/c59-27-13-12-22-46(52(69)65-48(54(71)67-50(57(74)75)31-37-14-4-1-5-15-37)30-38-23-25-42(26-24-38)77-36-39-16-6-2-7-17-39)64-55(72)49(32-41-34-62-45-21-11-10-20-44(41)45)66-56(73)51(40-18-8-3-9-19-40)68-53(70)47-33-43(35-63-47)78-58(76)61-29-28-60/h1-11,14-21,23-26,34,43,46-51,62-63H,12-13,22,27-33,35-36,59-60H2,(H,61,76)(H,64,72)(H,65,69)(H,66,73)(H,67,71)(H,68,70)(H,74,75)/t43?,46-,47-,48-,49+,50-,51-/m0/s1. The van der Waals surface area contributed by atoms with Gasteiger partial charge in [-0.1, -0.05) is 121 Å². The molecule has 1 saturated heterocycles. The Labute approximate surface area is 452 Å². The SMILES string of the molecule is NCCCC[C@H](NC(=O)[C@@H](Cc1c[nH]c2ccccc12)NC(=O)[C@@H](NC(=O)[C@@H]1CC(OC(=O)NCCN)CN1)c1ccccc1)C(=O)N[C@@H](Cc1ccc(OCc2ccccc2)cc1)C(=O)N[C@@H](Cc1ccccc1)C(=O)O. The Bertz CT molecular complexity index is 2930. The first-order chi connectivity index (χ1) is 37.9. The molecular formula is C58H68N10O10. The van der Waals surface area contributed by atoms with Gasteiger partial charge >= 0.3 is 12.1 Å². The predicted molar refractivity (Wildman–Crippen MR) is 292 cm³/mol. The number of rotatable bonds is 28. The van der Waals surface area contributed by atoms with Crippen LogP contribution in [0.2, 0.25) is 0 Å². The normalized spacial score (nSPS) is 15.8. The molecule has 0 radical (unpaired) electrons. The summed E-state index contributed by atoms with van der Waals surface area (Å²) in [7, 11) is 0. The molecule has 20 heteroatoms. The highest BCUT2D eigenvalue weighted by atomic mass is 16.6. The van der Waals surface area contributed by atoms with Crippen LogP contribution in [-0.4, -0.2) is 114 Å². The molecule has 1 unspecified atom stereocenters. The number of ether oxygens (including phenoxy) is 2. The van der Waals surface area contributed by atoms with Crippen LogP contribution in [0.4, 0.5) is 4.79 Å². The van der Waals surface area contributed by atoms with Crippen LogP contribution in [0.1, 0.15) is 59.5 Å². The third-order valence-corrected chi connectivity index (χ3v) is 13.2. The number of fused-ring (bicyclic) bond motifs is 1. The number of unbranched alkanes of at least 4 members (excludes halogenated alkanes) is 1. The Balaban J connectivity index is 1.13. The quantitative estimate of drug-likeness (QED) is 0.0315. The molecule has 1 fully saturated rings. The maximum Gasteiger partial charge on any atom is 0.407 e. The van der Waals surface area contributed by atoms with Crippen molar-refractivity contribution < 1.29 is 48.1 Å². The Morgan fingerprint density at radius 2 is 1.18 bits per heavy atom. The van der Waals surface area contributed by atoms with Crippen LogP contribution in [0.5, 0.6) is 5.75 Å². The number of carbonyl (C=O) groups excluding carboxylic acids is 6. The molecule has 1 aliphatic rings. The molecule has 78 heavy (non-hydrogen) atoms. The number of hydrogen-bond donors (Lipinski definition) is 11. The first-order valence-corrected chi connectivity index (χ1v) is 26.1. The molecule has 0 spiro atoms. The van der Waals surface area contributed by atoms with Crippen molar-refractivity contribution in [3.05, 3.63) is 174 Å². The molecule has 1 aliphatic heterocycles. The van der Waals surface area contributed by atoms with Gasteiger partial charge in [0, 0.05) is 62.4 Å². The number of carbonyl (C=O) groups is 7. The van der Waals surface area contributed by atoms with Crippen LogP contribution < -0.4 is 53.4 Å². The number of carboxylic acid groups (broad SMARTS) is 1. The number of nitrogens with two attached hydrogens (primary N) is 2. The summed E-state index contributed by atoms with van der Waals surface area (Å²) in [6, 6.07) is 33.9. The fourth-order valence-corrected chi connectivity index (χ4v) is 9.07. The third kappa shape index (κ3) is 17.0. The Morgan fingerprint density at radius 3 is 1.86 bits per heavy atom. The van der Waals surface area contributed by atoms with Crippen LogP contribution in [-0.2, 0) is 59.4 Å². The lowest BCUT2D eigenvalue weighted by Crippen LogP contribution is -2.59. The van der Waals surface area contributed by atoms with Gasteiger partial charge in [0.1, 0.15) is 48.7 Å². The predicted octanol–water partition coefficient (Wildman–Crippen LogP) is 3.20. The number of H-pyrrole nitrogens is 1. The van der Waals surface area contributed by atoms with Gasteiger partial charge in [-0.3, -0.25) is 24.0 Å². The Morgan fingerprint density at radius 1 is 0.603 bits per heavy atom. The van der Waals surface area contributed by atoms with E-state index in [-0.39, 0.29) is 58.3 Å². The van der Waals surface area contributed by atoms with E-state index in [9.17, 15) is 38.7 Å². The highest BCUT2D eigenvalue weighted by Gasteiger charge is 2.37. The number of carboxylic acids is 1.